The first-order chi connectivity index (χ1) is 12.2. The van der Waals surface area contributed by atoms with Crippen LogP contribution in [0.1, 0.15) is 22.1 Å². The number of aromatic hydroxyl groups is 2. The summed E-state index contributed by atoms with van der Waals surface area (Å²) in [6.45, 7) is -6.69. The van der Waals surface area contributed by atoms with Crippen molar-refractivity contribution in [3.05, 3.63) is 47.5 Å². The third-order valence-electron chi connectivity index (χ3n) is 2.22. The topological polar surface area (TPSA) is 58.9 Å². The molecule has 0 aliphatic carbocycles. The zero-order valence-electron chi connectivity index (χ0n) is 17.7. The zero-order chi connectivity index (χ0) is 20.6. The molecule has 2 aromatic rings. The second kappa shape index (κ2) is 5.52. The molecule has 0 amide bonds. The molecule has 100 valence electrons. The zero-order valence-corrected chi connectivity index (χ0v) is 9.68. The number of benzene rings is 2. The molecule has 0 spiro atoms. The molecule has 0 saturated carbocycles. The van der Waals surface area contributed by atoms with Crippen LogP contribution in [-0.4, -0.2) is 17.0 Å². The molecule has 0 radical (unpaired) electrons. The van der Waals surface area contributed by atoms with Crippen LogP contribution >= 0.6 is 0 Å². The summed E-state index contributed by atoms with van der Waals surface area (Å²) < 4.78 is 66.4. The van der Waals surface area contributed by atoms with Crippen molar-refractivity contribution in [3.8, 4) is 23.0 Å². The molecule has 2 N–H and O–H groups in total. The fourth-order valence-corrected chi connectivity index (χ4v) is 1.31. The van der Waals surface area contributed by atoms with Crippen molar-refractivity contribution in [2.24, 2.45) is 0 Å². The molecule has 3 rings (SSSR count). The van der Waals surface area contributed by atoms with Gasteiger partial charge in [-0.1, -0.05) is 12.1 Å². The van der Waals surface area contributed by atoms with Gasteiger partial charge in [-0.25, -0.2) is 0 Å². The van der Waals surface area contributed by atoms with Gasteiger partial charge in [0.25, 0.3) is 0 Å². The Morgan fingerprint density at radius 1 is 0.947 bits per heavy atom. The van der Waals surface area contributed by atoms with E-state index in [1.807, 2.05) is 0 Å². The van der Waals surface area contributed by atoms with E-state index in [1.54, 1.807) is 0 Å². The Balaban J connectivity index is 0.000000199. The summed E-state index contributed by atoms with van der Waals surface area (Å²) in [6, 6.07) is 7.47. The molecule has 1 heterocycles. The van der Waals surface area contributed by atoms with Crippen molar-refractivity contribution in [2.45, 2.75) is 13.7 Å². The number of aryl methyl sites for hydroxylation is 2. The van der Waals surface area contributed by atoms with E-state index in [-0.39, 0.29) is 28.4 Å². The van der Waals surface area contributed by atoms with E-state index < -0.39 is 26.2 Å². The molecule has 0 aromatic heterocycles. The molecule has 19 heavy (non-hydrogen) atoms. The number of rotatable bonds is 0. The first kappa shape index (κ1) is 6.19. The quantitative estimate of drug-likeness (QED) is 0.721. The minimum atomic E-state index is -2.24. The lowest BCUT2D eigenvalue weighted by atomic mass is 10.2. The van der Waals surface area contributed by atoms with Gasteiger partial charge in [0.05, 0.1) is 0 Å². The number of ether oxygens (including phenoxy) is 2. The third-order valence-corrected chi connectivity index (χ3v) is 2.22. The SMILES string of the molecule is [2H]C([2H])([2H])c1ccc(O)c(O)c1.[2H]C1([2H])Oc2ccc(C([2H])([2H])[2H])cc2O1. The van der Waals surface area contributed by atoms with Crippen LogP contribution in [-0.2, 0) is 0 Å². The summed E-state index contributed by atoms with van der Waals surface area (Å²) >= 11 is 0. The van der Waals surface area contributed by atoms with Crippen LogP contribution < -0.4 is 9.47 Å². The van der Waals surface area contributed by atoms with E-state index in [4.69, 9.17) is 30.7 Å². The molecular formula is C15H16O4. The molecule has 0 fully saturated rings. The molecule has 1 aliphatic heterocycles. The van der Waals surface area contributed by atoms with Crippen LogP contribution in [0.3, 0.4) is 0 Å². The van der Waals surface area contributed by atoms with Gasteiger partial charge in [0, 0.05) is 8.22 Å². The Morgan fingerprint density at radius 3 is 2.37 bits per heavy atom. The lowest BCUT2D eigenvalue weighted by molar-refractivity contribution is 0.174. The van der Waals surface area contributed by atoms with Gasteiger partial charge in [0.15, 0.2) is 23.0 Å². The summed E-state index contributed by atoms with van der Waals surface area (Å²) in [7, 11) is 0. The second-order valence-corrected chi connectivity index (χ2v) is 3.65. The first-order valence-electron chi connectivity index (χ1n) is 9.24. The summed E-state index contributed by atoms with van der Waals surface area (Å²) in [5.41, 5.74) is 0.111. The lowest BCUT2D eigenvalue weighted by Gasteiger charge is -1.95. The van der Waals surface area contributed by atoms with E-state index >= 15 is 0 Å². The van der Waals surface area contributed by atoms with Gasteiger partial charge < -0.3 is 19.7 Å². The van der Waals surface area contributed by atoms with Crippen molar-refractivity contribution >= 4 is 0 Å². The smallest absolute Gasteiger partial charge is 0.231 e. The molecular weight excluding hydrogens is 244 g/mol. The highest BCUT2D eigenvalue weighted by molar-refractivity contribution is 5.44. The van der Waals surface area contributed by atoms with E-state index in [1.165, 1.54) is 24.3 Å². The third kappa shape index (κ3) is 3.31. The first-order valence-corrected chi connectivity index (χ1v) is 5.24. The van der Waals surface area contributed by atoms with Gasteiger partial charge >= 0.3 is 0 Å². The van der Waals surface area contributed by atoms with Crippen LogP contribution in [0.25, 0.3) is 0 Å². The van der Waals surface area contributed by atoms with E-state index in [0.717, 1.165) is 12.1 Å². The Morgan fingerprint density at radius 2 is 1.63 bits per heavy atom. The predicted molar refractivity (Wildman–Crippen MR) is 71.8 cm³/mol. The number of hydrogen-bond acceptors (Lipinski definition) is 4. The standard InChI is InChI=1S/C8H8O2.C7H8O2/c1-6-2-3-7-8(4-6)10-5-9-7;1-5-2-3-6(8)7(9)4-5/h2-4H,5H2,1H3;2-4,8-9H,1H3/i1D3,5D2;1D3. The second-order valence-electron chi connectivity index (χ2n) is 3.65. The maximum atomic E-state index is 8.96. The van der Waals surface area contributed by atoms with E-state index in [9.17, 15) is 0 Å². The Kier molecular flexibility index (Phi) is 1.80. The highest BCUT2D eigenvalue weighted by Gasteiger charge is 2.11. The van der Waals surface area contributed by atoms with Crippen LogP contribution in [0, 0.1) is 13.7 Å². The summed E-state index contributed by atoms with van der Waals surface area (Å²) in [5.74, 6) is -0.395. The van der Waals surface area contributed by atoms with Crippen LogP contribution in [0.15, 0.2) is 36.4 Å². The predicted octanol–water partition coefficient (Wildman–Crippen LogP) is 3.13. The van der Waals surface area contributed by atoms with Crippen LogP contribution in [0.2, 0.25) is 0 Å². The van der Waals surface area contributed by atoms with Crippen molar-refractivity contribution in [3.63, 3.8) is 0 Å². The minimum absolute atomic E-state index is 0.0119. The number of phenols is 2. The number of phenolic OH excluding ortho intramolecular Hbond substituents is 2. The molecule has 0 saturated heterocycles. The molecule has 2 aromatic carbocycles. The maximum Gasteiger partial charge on any atom is 0.231 e. The highest BCUT2D eigenvalue weighted by Crippen LogP contribution is 2.31. The van der Waals surface area contributed by atoms with Gasteiger partial charge in [0.1, 0.15) is 2.74 Å². The molecule has 0 unspecified atom stereocenters. The fraction of sp³-hybridized carbons (Fsp3) is 0.200. The van der Waals surface area contributed by atoms with Crippen LogP contribution in [0.5, 0.6) is 23.0 Å². The Hall–Kier alpha value is -2.36. The minimum Gasteiger partial charge on any atom is -0.504 e. The van der Waals surface area contributed by atoms with Gasteiger partial charge in [0.2, 0.25) is 6.75 Å². The number of hydrogen-bond donors (Lipinski definition) is 2. The lowest BCUT2D eigenvalue weighted by Crippen LogP contribution is -1.92. The Bertz CT molecular complexity index is 830. The normalized spacial score (nSPS) is 21.9. The Labute approximate surface area is 123 Å². The summed E-state index contributed by atoms with van der Waals surface area (Å²) in [5, 5.41) is 17.8. The van der Waals surface area contributed by atoms with Gasteiger partial charge in [-0.05, 0) is 49.1 Å². The average Bonchev–Trinajstić information content (AvgIpc) is 2.81. The monoisotopic (exact) mass is 268 g/mol. The maximum absolute atomic E-state index is 8.96. The summed E-state index contributed by atoms with van der Waals surface area (Å²) in [4.78, 5) is 0. The van der Waals surface area contributed by atoms with Gasteiger partial charge in [-0.15, -0.1) is 0 Å². The molecule has 1 aliphatic rings. The average molecular weight is 268 g/mol. The largest absolute Gasteiger partial charge is 0.504 e. The summed E-state index contributed by atoms with van der Waals surface area (Å²) in [6.07, 6.45) is 0. The molecule has 0 bridgehead atoms. The van der Waals surface area contributed by atoms with E-state index in [0.29, 0.717) is 0 Å². The van der Waals surface area contributed by atoms with Crippen molar-refractivity contribution in [1.29, 1.82) is 0 Å². The fourth-order valence-electron chi connectivity index (χ4n) is 1.31. The van der Waals surface area contributed by atoms with Crippen molar-refractivity contribution in [1.82, 2.24) is 0 Å². The van der Waals surface area contributed by atoms with Crippen LogP contribution in [0.4, 0.5) is 0 Å². The van der Waals surface area contributed by atoms with Crippen molar-refractivity contribution in [2.75, 3.05) is 6.75 Å². The van der Waals surface area contributed by atoms with Crippen molar-refractivity contribution < 1.29 is 30.7 Å². The molecule has 0 atom stereocenters. The highest BCUT2D eigenvalue weighted by atomic mass is 16.7. The van der Waals surface area contributed by atoms with E-state index in [2.05, 4.69) is 0 Å². The number of fused-ring (bicyclic) bond motifs is 1. The van der Waals surface area contributed by atoms with Gasteiger partial charge in [-0.3, -0.25) is 0 Å². The van der Waals surface area contributed by atoms with Gasteiger partial charge in [-0.2, -0.15) is 0 Å². The molecule has 4 heteroatoms. The molecule has 4 nitrogen and oxygen atoms in total.